The van der Waals surface area contributed by atoms with Gasteiger partial charge in [0, 0.05) is 44.0 Å². The highest BCUT2D eigenvalue weighted by atomic mass is 15.3. The molecule has 0 aliphatic carbocycles. The summed E-state index contributed by atoms with van der Waals surface area (Å²) >= 11 is 0. The molecular formula is C15H20N4. The van der Waals surface area contributed by atoms with E-state index in [2.05, 4.69) is 40.6 Å². The van der Waals surface area contributed by atoms with Gasteiger partial charge in [-0.25, -0.2) is 4.68 Å². The molecule has 2 heterocycles. The van der Waals surface area contributed by atoms with Crippen LogP contribution in [0.2, 0.25) is 0 Å². The molecule has 1 N–H and O–H groups in total. The lowest BCUT2D eigenvalue weighted by molar-refractivity contribution is 0.165. The number of rotatable bonds is 3. The van der Waals surface area contributed by atoms with Crippen LogP contribution in [0.25, 0.3) is 5.69 Å². The van der Waals surface area contributed by atoms with Crippen molar-refractivity contribution in [2.45, 2.75) is 19.5 Å². The topological polar surface area (TPSA) is 33.1 Å². The van der Waals surface area contributed by atoms with Crippen molar-refractivity contribution in [1.29, 1.82) is 0 Å². The Kier molecular flexibility index (Phi) is 3.62. The smallest absolute Gasteiger partial charge is 0.0645 e. The molecule has 0 unspecified atom stereocenters. The zero-order valence-corrected chi connectivity index (χ0v) is 11.3. The molecule has 2 aromatic rings. The number of piperazine rings is 1. The molecule has 4 heteroatoms. The lowest BCUT2D eigenvalue weighted by atomic mass is 10.2. The van der Waals surface area contributed by atoms with Gasteiger partial charge in [0.05, 0.1) is 11.9 Å². The number of hydrogen-bond donors (Lipinski definition) is 1. The van der Waals surface area contributed by atoms with Gasteiger partial charge in [0.15, 0.2) is 0 Å². The third-order valence-corrected chi connectivity index (χ3v) is 3.68. The lowest BCUT2D eigenvalue weighted by Crippen LogP contribution is -2.49. The fraction of sp³-hybridized carbons (Fsp3) is 0.400. The summed E-state index contributed by atoms with van der Waals surface area (Å²) in [4.78, 5) is 2.50. The molecule has 0 radical (unpaired) electrons. The Morgan fingerprint density at radius 3 is 2.95 bits per heavy atom. The van der Waals surface area contributed by atoms with Crippen LogP contribution in [-0.2, 0) is 6.54 Å². The molecule has 1 aromatic carbocycles. The van der Waals surface area contributed by atoms with Crippen molar-refractivity contribution in [1.82, 2.24) is 20.0 Å². The summed E-state index contributed by atoms with van der Waals surface area (Å²) in [6.45, 7) is 6.52. The Bertz CT molecular complexity index is 520. The Hall–Kier alpha value is -1.65. The van der Waals surface area contributed by atoms with Gasteiger partial charge in [-0.2, -0.15) is 5.10 Å². The second-order valence-corrected chi connectivity index (χ2v) is 5.15. The van der Waals surface area contributed by atoms with E-state index in [1.54, 1.807) is 0 Å². The molecule has 1 aromatic heterocycles. The first kappa shape index (κ1) is 12.4. The highest BCUT2D eigenvalue weighted by Gasteiger charge is 2.18. The van der Waals surface area contributed by atoms with Gasteiger partial charge in [0.2, 0.25) is 0 Å². The Morgan fingerprint density at radius 1 is 1.32 bits per heavy atom. The summed E-state index contributed by atoms with van der Waals surface area (Å²) in [6, 6.07) is 10.8. The van der Waals surface area contributed by atoms with Crippen LogP contribution in [-0.4, -0.2) is 40.4 Å². The minimum Gasteiger partial charge on any atom is -0.314 e. The van der Waals surface area contributed by atoms with Gasteiger partial charge in [-0.3, -0.25) is 4.90 Å². The van der Waals surface area contributed by atoms with Crippen molar-refractivity contribution in [3.63, 3.8) is 0 Å². The van der Waals surface area contributed by atoms with Crippen molar-refractivity contribution >= 4 is 0 Å². The first-order valence-corrected chi connectivity index (χ1v) is 6.86. The fourth-order valence-electron chi connectivity index (χ4n) is 2.52. The van der Waals surface area contributed by atoms with Gasteiger partial charge >= 0.3 is 0 Å². The highest BCUT2D eigenvalue weighted by Crippen LogP contribution is 2.12. The Labute approximate surface area is 114 Å². The summed E-state index contributed by atoms with van der Waals surface area (Å²) in [6.07, 6.45) is 4.10. The van der Waals surface area contributed by atoms with Crippen molar-refractivity contribution in [3.8, 4) is 5.69 Å². The number of hydrogen-bond acceptors (Lipinski definition) is 3. The molecule has 1 saturated heterocycles. The predicted molar refractivity (Wildman–Crippen MR) is 76.3 cm³/mol. The summed E-state index contributed by atoms with van der Waals surface area (Å²) in [5.41, 5.74) is 2.39. The molecule has 4 nitrogen and oxygen atoms in total. The van der Waals surface area contributed by atoms with Crippen molar-refractivity contribution in [2.75, 3.05) is 19.6 Å². The highest BCUT2D eigenvalue weighted by molar-refractivity contribution is 5.30. The summed E-state index contributed by atoms with van der Waals surface area (Å²) in [7, 11) is 0. The number of para-hydroxylation sites is 1. The van der Waals surface area contributed by atoms with E-state index in [1.807, 2.05) is 29.1 Å². The fourth-order valence-corrected chi connectivity index (χ4v) is 2.52. The summed E-state index contributed by atoms with van der Waals surface area (Å²) in [5.74, 6) is 0. The van der Waals surface area contributed by atoms with E-state index in [9.17, 15) is 0 Å². The van der Waals surface area contributed by atoms with Gasteiger partial charge in [-0.05, 0) is 19.1 Å². The van der Waals surface area contributed by atoms with Gasteiger partial charge in [-0.1, -0.05) is 18.2 Å². The Morgan fingerprint density at radius 2 is 2.16 bits per heavy atom. The van der Waals surface area contributed by atoms with Crippen molar-refractivity contribution in [3.05, 3.63) is 48.3 Å². The largest absolute Gasteiger partial charge is 0.314 e. The maximum atomic E-state index is 4.45. The van der Waals surface area contributed by atoms with Crippen LogP contribution in [0.1, 0.15) is 12.5 Å². The van der Waals surface area contributed by atoms with Crippen LogP contribution in [0.4, 0.5) is 0 Å². The van der Waals surface area contributed by atoms with E-state index in [-0.39, 0.29) is 0 Å². The average Bonchev–Trinajstić information content (AvgIpc) is 2.91. The van der Waals surface area contributed by atoms with E-state index >= 15 is 0 Å². The monoisotopic (exact) mass is 256 g/mol. The third kappa shape index (κ3) is 2.85. The molecule has 3 rings (SSSR count). The van der Waals surface area contributed by atoms with Crippen LogP contribution in [0.15, 0.2) is 42.7 Å². The number of nitrogens with one attached hydrogen (secondary N) is 1. The quantitative estimate of drug-likeness (QED) is 0.907. The van der Waals surface area contributed by atoms with Gasteiger partial charge in [0.1, 0.15) is 0 Å². The van der Waals surface area contributed by atoms with Crippen LogP contribution in [0.5, 0.6) is 0 Å². The van der Waals surface area contributed by atoms with E-state index in [0.29, 0.717) is 6.04 Å². The molecule has 0 amide bonds. The molecule has 100 valence electrons. The van der Waals surface area contributed by atoms with Crippen LogP contribution >= 0.6 is 0 Å². The normalized spacial score (nSPS) is 20.6. The third-order valence-electron chi connectivity index (χ3n) is 3.68. The maximum Gasteiger partial charge on any atom is 0.0645 e. The molecule has 1 aliphatic rings. The van der Waals surface area contributed by atoms with Crippen molar-refractivity contribution in [2.24, 2.45) is 0 Å². The van der Waals surface area contributed by atoms with E-state index in [4.69, 9.17) is 0 Å². The first-order chi connectivity index (χ1) is 9.33. The Balaban J connectivity index is 1.71. The standard InChI is InChI=1S/C15H20N4/c1-13-9-16-7-8-18(13)11-14-10-17-19(12-14)15-5-3-2-4-6-15/h2-6,10,12-13,16H,7-9,11H2,1H3/t13-/m0/s1. The number of aromatic nitrogens is 2. The SMILES string of the molecule is C[C@H]1CNCCN1Cc1cnn(-c2ccccc2)c1. The average molecular weight is 256 g/mol. The molecule has 0 spiro atoms. The minimum absolute atomic E-state index is 0.592. The van der Waals surface area contributed by atoms with Gasteiger partial charge in [0.25, 0.3) is 0 Å². The maximum absolute atomic E-state index is 4.45. The van der Waals surface area contributed by atoms with Crippen LogP contribution < -0.4 is 5.32 Å². The number of nitrogens with zero attached hydrogens (tertiary/aromatic N) is 3. The summed E-state index contributed by atoms with van der Waals surface area (Å²) < 4.78 is 1.95. The number of benzene rings is 1. The molecule has 1 atom stereocenters. The molecule has 0 saturated carbocycles. The predicted octanol–water partition coefficient (Wildman–Crippen LogP) is 1.67. The van der Waals surface area contributed by atoms with E-state index in [1.165, 1.54) is 5.56 Å². The molecule has 1 aliphatic heterocycles. The molecule has 19 heavy (non-hydrogen) atoms. The zero-order chi connectivity index (χ0) is 13.1. The minimum atomic E-state index is 0.592. The van der Waals surface area contributed by atoms with E-state index < -0.39 is 0 Å². The molecular weight excluding hydrogens is 236 g/mol. The van der Waals surface area contributed by atoms with Gasteiger partial charge in [-0.15, -0.1) is 0 Å². The van der Waals surface area contributed by atoms with Crippen LogP contribution in [0.3, 0.4) is 0 Å². The van der Waals surface area contributed by atoms with Crippen molar-refractivity contribution < 1.29 is 0 Å². The zero-order valence-electron chi connectivity index (χ0n) is 11.3. The van der Waals surface area contributed by atoms with Crippen LogP contribution in [0, 0.1) is 0 Å². The lowest BCUT2D eigenvalue weighted by Gasteiger charge is -2.33. The van der Waals surface area contributed by atoms with E-state index in [0.717, 1.165) is 31.9 Å². The molecule has 0 bridgehead atoms. The van der Waals surface area contributed by atoms with Gasteiger partial charge < -0.3 is 5.32 Å². The summed E-state index contributed by atoms with van der Waals surface area (Å²) in [5, 5.41) is 7.87. The second kappa shape index (κ2) is 5.55. The first-order valence-electron chi connectivity index (χ1n) is 6.86. The molecule has 1 fully saturated rings. The second-order valence-electron chi connectivity index (χ2n) is 5.15.